The Hall–Kier alpha value is -4.39. The largest absolute Gasteiger partial charge is 0.494 e. The summed E-state index contributed by atoms with van der Waals surface area (Å²) in [6, 6.07) is 19.9. The second-order valence-electron chi connectivity index (χ2n) is 18.2. The van der Waals surface area contributed by atoms with Crippen LogP contribution in [0.4, 0.5) is 0 Å². The maximum absolute atomic E-state index is 8.98. The van der Waals surface area contributed by atoms with Crippen molar-refractivity contribution >= 4 is 42.5 Å². The van der Waals surface area contributed by atoms with E-state index in [9.17, 15) is 0 Å². The SMILES string of the molecule is CC1(C)OB(B2OC(C)(C)C(C)(C)O2)OC1(C)C.COc1nc(Cc2ccc(B3OC(C)(C)C(C)(C)O3)cc2)cnc1C#N.COc1nc(Cc2ccc(Br)cc2)cnc1C#N. The predicted molar refractivity (Wildman–Crippen MR) is 241 cm³/mol. The molecule has 2 aromatic heterocycles. The Morgan fingerprint density at radius 3 is 1.18 bits per heavy atom. The first kappa shape index (κ1) is 48.6. The second-order valence-corrected chi connectivity index (χ2v) is 19.1. The first-order valence-corrected chi connectivity index (χ1v) is 21.2. The van der Waals surface area contributed by atoms with E-state index in [4.69, 9.17) is 47.9 Å². The van der Waals surface area contributed by atoms with Crippen molar-refractivity contribution < 1.29 is 37.4 Å². The number of methoxy groups -OCH3 is 2. The Morgan fingerprint density at radius 2 is 0.855 bits per heavy atom. The summed E-state index contributed by atoms with van der Waals surface area (Å²) in [6.45, 7) is 24.4. The fourth-order valence-corrected chi connectivity index (χ4v) is 6.48. The molecule has 14 nitrogen and oxygen atoms in total. The van der Waals surface area contributed by atoms with Gasteiger partial charge < -0.3 is 37.4 Å². The van der Waals surface area contributed by atoms with Gasteiger partial charge in [0.1, 0.15) is 12.1 Å². The third-order valence-corrected chi connectivity index (χ3v) is 12.7. The van der Waals surface area contributed by atoms with Gasteiger partial charge in [0, 0.05) is 17.3 Å². The van der Waals surface area contributed by atoms with Crippen LogP contribution in [0.3, 0.4) is 0 Å². The van der Waals surface area contributed by atoms with E-state index in [2.05, 4.69) is 35.9 Å². The molecule has 0 aliphatic carbocycles. The fraction of sp³-hybridized carbons (Fsp3) is 0.500. The molecular weight excluding hydrogens is 853 g/mol. The van der Waals surface area contributed by atoms with E-state index in [-0.39, 0.29) is 63.9 Å². The quantitative estimate of drug-likeness (QED) is 0.162. The maximum atomic E-state index is 8.98. The molecule has 62 heavy (non-hydrogen) atoms. The minimum Gasteiger partial charge on any atom is -0.479 e. The van der Waals surface area contributed by atoms with Gasteiger partial charge in [0.15, 0.2) is 0 Å². The van der Waals surface area contributed by atoms with Crippen LogP contribution in [-0.2, 0) is 40.8 Å². The van der Waals surface area contributed by atoms with Gasteiger partial charge in [-0.2, -0.15) is 10.5 Å². The van der Waals surface area contributed by atoms with Crippen molar-refractivity contribution in [3.05, 3.63) is 99.3 Å². The van der Waals surface area contributed by atoms with Gasteiger partial charge in [0.2, 0.25) is 11.4 Å². The average molecular weight is 909 g/mol. The Balaban J connectivity index is 0.000000181. The van der Waals surface area contributed by atoms with Crippen LogP contribution in [-0.4, -0.2) is 88.9 Å². The molecule has 0 spiro atoms. The van der Waals surface area contributed by atoms with Crippen LogP contribution < -0.4 is 14.9 Å². The lowest BCUT2D eigenvalue weighted by Crippen LogP contribution is -2.41. The van der Waals surface area contributed by atoms with Gasteiger partial charge in [-0.05, 0) is 112 Å². The summed E-state index contributed by atoms with van der Waals surface area (Å²) >= 11 is 3.39. The van der Waals surface area contributed by atoms with Crippen molar-refractivity contribution in [3.63, 3.8) is 0 Å². The van der Waals surface area contributed by atoms with E-state index >= 15 is 0 Å². The highest BCUT2D eigenvalue weighted by atomic mass is 79.9. The minimum atomic E-state index is -0.476. The zero-order valence-electron chi connectivity index (χ0n) is 38.2. The number of nitriles is 2. The van der Waals surface area contributed by atoms with Gasteiger partial charge in [0.25, 0.3) is 11.8 Å². The lowest BCUT2D eigenvalue weighted by atomic mass is 9.49. The minimum absolute atomic E-state index is 0.187. The summed E-state index contributed by atoms with van der Waals surface area (Å²) < 4.78 is 47.2. The molecule has 326 valence electrons. The molecule has 0 unspecified atom stereocenters. The normalized spacial score (nSPS) is 19.6. The van der Waals surface area contributed by atoms with Crippen molar-refractivity contribution in [2.75, 3.05) is 14.2 Å². The molecule has 3 fully saturated rings. The van der Waals surface area contributed by atoms with Crippen molar-refractivity contribution in [2.45, 2.75) is 130 Å². The molecule has 0 saturated carbocycles. The first-order valence-electron chi connectivity index (χ1n) is 20.4. The molecule has 0 atom stereocenters. The highest BCUT2D eigenvalue weighted by Crippen LogP contribution is 2.43. The van der Waals surface area contributed by atoms with Crippen molar-refractivity contribution in [1.29, 1.82) is 10.5 Å². The summed E-state index contributed by atoms with van der Waals surface area (Å²) in [4.78, 5) is 16.7. The number of hydrogen-bond acceptors (Lipinski definition) is 14. The first-order chi connectivity index (χ1) is 28.9. The fourth-order valence-electron chi connectivity index (χ4n) is 6.21. The van der Waals surface area contributed by atoms with E-state index in [0.29, 0.717) is 12.8 Å². The summed E-state index contributed by atoms with van der Waals surface area (Å²) in [6.07, 6.45) is 4.45. The van der Waals surface area contributed by atoms with Gasteiger partial charge in [-0.1, -0.05) is 52.3 Å². The lowest BCUT2D eigenvalue weighted by molar-refractivity contribution is 0.00578. The molecular formula is C44H56B3BrN6O8. The number of ether oxygens (including phenoxy) is 2. The predicted octanol–water partition coefficient (Wildman–Crippen LogP) is 7.21. The van der Waals surface area contributed by atoms with Crippen LogP contribution in [0.15, 0.2) is 65.4 Å². The van der Waals surface area contributed by atoms with Crippen molar-refractivity contribution in [1.82, 2.24) is 19.9 Å². The average Bonchev–Trinajstić information content (AvgIpc) is 3.68. The number of hydrogen-bond donors (Lipinski definition) is 0. The van der Waals surface area contributed by atoms with Crippen LogP contribution in [0.5, 0.6) is 11.8 Å². The van der Waals surface area contributed by atoms with Gasteiger partial charge in [0.05, 0.1) is 71.6 Å². The molecule has 5 heterocycles. The molecule has 0 bridgehead atoms. The lowest BCUT2D eigenvalue weighted by Gasteiger charge is -2.32. The third-order valence-electron chi connectivity index (χ3n) is 12.1. The van der Waals surface area contributed by atoms with Crippen LogP contribution in [0.25, 0.3) is 0 Å². The number of aromatic nitrogens is 4. The van der Waals surface area contributed by atoms with E-state index in [1.807, 2.05) is 144 Å². The number of nitrogens with zero attached hydrogens (tertiary/aromatic N) is 6. The summed E-state index contributed by atoms with van der Waals surface area (Å²) in [5.41, 5.74) is 2.93. The highest BCUT2D eigenvalue weighted by Gasteiger charge is 2.63. The van der Waals surface area contributed by atoms with E-state index in [1.54, 1.807) is 12.4 Å². The van der Waals surface area contributed by atoms with Gasteiger partial charge in [-0.15, -0.1) is 0 Å². The molecule has 7 rings (SSSR count). The molecule has 3 aliphatic rings. The van der Waals surface area contributed by atoms with E-state index in [1.165, 1.54) is 14.2 Å². The molecule has 4 aromatic rings. The number of rotatable bonds is 8. The Labute approximate surface area is 375 Å². The summed E-state index contributed by atoms with van der Waals surface area (Å²) in [5.74, 6) is 0.519. The Bertz CT molecular complexity index is 2200. The van der Waals surface area contributed by atoms with Crippen molar-refractivity contribution in [3.8, 4) is 23.9 Å². The van der Waals surface area contributed by atoms with E-state index < -0.39 is 14.0 Å². The molecule has 0 N–H and O–H groups in total. The van der Waals surface area contributed by atoms with Gasteiger partial charge in [-0.3, -0.25) is 0 Å². The highest BCUT2D eigenvalue weighted by molar-refractivity contribution is 9.10. The van der Waals surface area contributed by atoms with Gasteiger partial charge in [-0.25, -0.2) is 19.9 Å². The topological polar surface area (TPSA) is 173 Å². The zero-order chi connectivity index (χ0) is 45.9. The molecule has 2 aromatic carbocycles. The second kappa shape index (κ2) is 18.8. The monoisotopic (exact) mass is 908 g/mol. The summed E-state index contributed by atoms with van der Waals surface area (Å²) in [5, 5.41) is 17.8. The Kier molecular flexibility index (Phi) is 14.7. The van der Waals surface area contributed by atoms with Crippen LogP contribution in [0, 0.1) is 22.7 Å². The van der Waals surface area contributed by atoms with Crippen LogP contribution in [0.2, 0.25) is 0 Å². The molecule has 0 radical (unpaired) electrons. The van der Waals surface area contributed by atoms with Crippen molar-refractivity contribution in [2.24, 2.45) is 0 Å². The van der Waals surface area contributed by atoms with Crippen LogP contribution in [0.1, 0.15) is 117 Å². The third kappa shape index (κ3) is 11.0. The summed E-state index contributed by atoms with van der Waals surface area (Å²) in [7, 11) is 1.64. The number of halogens is 1. The molecule has 3 aliphatic heterocycles. The smallest absolute Gasteiger partial charge is 0.479 e. The van der Waals surface area contributed by atoms with E-state index in [0.717, 1.165) is 32.5 Å². The molecule has 3 saturated heterocycles. The van der Waals surface area contributed by atoms with Gasteiger partial charge >= 0.3 is 21.1 Å². The maximum Gasteiger partial charge on any atom is 0.494 e. The van der Waals surface area contributed by atoms with Crippen LogP contribution >= 0.6 is 15.9 Å². The molecule has 18 heteroatoms. The molecule has 0 amide bonds. The Morgan fingerprint density at radius 1 is 0.532 bits per heavy atom. The number of benzene rings is 2. The standard InChI is InChI=1S/C19H22BN3O3.C13H10BrN3O.C12H24B2O4/c1-18(2)19(3,4)26-20(25-18)14-8-6-13(7-9-14)10-15-12-22-16(11-21)17(23-15)24-5;1-18-13-12(7-15)16-8-11(17-13)6-9-2-4-10(14)5-3-9;1-9(2)10(3,4)16-13(15-9)14-17-11(5,6)12(7,8)18-14/h6-9,12H,10H2,1-5H3;2-5,8H,6H2,1H3;1-8H3. The zero-order valence-corrected chi connectivity index (χ0v) is 39.8.